The molecule has 30 heavy (non-hydrogen) atoms. The Balaban J connectivity index is 1.26. The molecule has 2 unspecified atom stereocenters. The van der Waals surface area contributed by atoms with Crippen LogP contribution in [0.25, 0.3) is 0 Å². The van der Waals surface area contributed by atoms with E-state index in [1.54, 1.807) is 7.11 Å². The van der Waals surface area contributed by atoms with Crippen molar-refractivity contribution in [3.63, 3.8) is 0 Å². The van der Waals surface area contributed by atoms with E-state index >= 15 is 0 Å². The minimum atomic E-state index is 0.198. The Morgan fingerprint density at radius 2 is 2.00 bits per heavy atom. The molecule has 4 heteroatoms. The van der Waals surface area contributed by atoms with E-state index in [0.29, 0.717) is 18.3 Å². The van der Waals surface area contributed by atoms with Crippen molar-refractivity contribution in [2.45, 2.75) is 51.0 Å². The summed E-state index contributed by atoms with van der Waals surface area (Å²) in [6.45, 7) is 4.03. The summed E-state index contributed by atoms with van der Waals surface area (Å²) in [5.41, 5.74) is 4.06. The highest BCUT2D eigenvalue weighted by Gasteiger charge is 2.24. The second-order valence-corrected chi connectivity index (χ2v) is 8.89. The van der Waals surface area contributed by atoms with Crippen LogP contribution in [0, 0.1) is 5.92 Å². The highest BCUT2D eigenvalue weighted by Crippen LogP contribution is 2.35. The number of amides is 1. The van der Waals surface area contributed by atoms with Gasteiger partial charge in [0.1, 0.15) is 5.75 Å². The van der Waals surface area contributed by atoms with Gasteiger partial charge >= 0.3 is 0 Å². The van der Waals surface area contributed by atoms with E-state index in [2.05, 4.69) is 52.7 Å². The summed E-state index contributed by atoms with van der Waals surface area (Å²) in [6, 6.07) is 17.0. The molecule has 1 saturated heterocycles. The average molecular weight is 407 g/mol. The minimum absolute atomic E-state index is 0.198. The molecule has 2 aliphatic rings. The number of rotatable bonds is 7. The summed E-state index contributed by atoms with van der Waals surface area (Å²) >= 11 is 0. The summed E-state index contributed by atoms with van der Waals surface area (Å²) < 4.78 is 5.37. The predicted molar refractivity (Wildman–Crippen MR) is 121 cm³/mol. The van der Waals surface area contributed by atoms with Crippen LogP contribution in [0.15, 0.2) is 48.5 Å². The molecule has 0 radical (unpaired) electrons. The first-order valence-corrected chi connectivity index (χ1v) is 11.4. The zero-order chi connectivity index (χ0) is 20.8. The summed E-state index contributed by atoms with van der Waals surface area (Å²) in [6.07, 6.45) is 6.35. The number of fused-ring (bicyclic) bond motifs is 1. The molecule has 4 rings (SSSR count). The maximum absolute atomic E-state index is 12.7. The third-order valence-electron chi connectivity index (χ3n) is 6.66. The Bertz CT molecular complexity index is 836. The lowest BCUT2D eigenvalue weighted by molar-refractivity contribution is -0.121. The zero-order valence-corrected chi connectivity index (χ0v) is 18.1. The fourth-order valence-electron chi connectivity index (χ4n) is 5.09. The van der Waals surface area contributed by atoms with Crippen LogP contribution in [0.2, 0.25) is 0 Å². The van der Waals surface area contributed by atoms with E-state index in [-0.39, 0.29) is 5.91 Å². The zero-order valence-electron chi connectivity index (χ0n) is 18.1. The number of carbonyl (C=O) groups excluding carboxylic acids is 1. The van der Waals surface area contributed by atoms with Crippen LogP contribution in [-0.4, -0.2) is 37.6 Å². The molecule has 160 valence electrons. The Morgan fingerprint density at radius 3 is 2.83 bits per heavy atom. The fourth-order valence-corrected chi connectivity index (χ4v) is 5.09. The second kappa shape index (κ2) is 10.1. The number of piperidine rings is 1. The van der Waals surface area contributed by atoms with Gasteiger partial charge in [-0.15, -0.1) is 0 Å². The molecule has 2 atom stereocenters. The molecule has 2 aromatic carbocycles. The van der Waals surface area contributed by atoms with E-state index in [0.717, 1.165) is 51.2 Å². The van der Waals surface area contributed by atoms with Gasteiger partial charge < -0.3 is 10.1 Å². The van der Waals surface area contributed by atoms with Crippen LogP contribution in [0.4, 0.5) is 0 Å². The average Bonchev–Trinajstić information content (AvgIpc) is 2.78. The van der Waals surface area contributed by atoms with E-state index < -0.39 is 0 Å². The summed E-state index contributed by atoms with van der Waals surface area (Å²) in [5.74, 6) is 2.00. The first-order chi connectivity index (χ1) is 14.7. The van der Waals surface area contributed by atoms with Crippen molar-refractivity contribution >= 4 is 5.91 Å². The minimum Gasteiger partial charge on any atom is -0.497 e. The van der Waals surface area contributed by atoms with Gasteiger partial charge in [-0.05, 0) is 79.3 Å². The predicted octanol–water partition coefficient (Wildman–Crippen LogP) is 4.53. The molecule has 1 heterocycles. The first kappa shape index (κ1) is 20.9. The van der Waals surface area contributed by atoms with Crippen molar-refractivity contribution in [1.29, 1.82) is 0 Å². The van der Waals surface area contributed by atoms with Gasteiger partial charge in [-0.25, -0.2) is 0 Å². The number of carbonyl (C=O) groups is 1. The number of nitrogens with one attached hydrogen (secondary N) is 1. The van der Waals surface area contributed by atoms with Crippen LogP contribution in [0.1, 0.15) is 54.7 Å². The van der Waals surface area contributed by atoms with Crippen LogP contribution in [-0.2, 0) is 17.8 Å². The number of hydrogen-bond donors (Lipinski definition) is 1. The number of ether oxygens (including phenoxy) is 1. The van der Waals surface area contributed by atoms with Gasteiger partial charge in [0.15, 0.2) is 0 Å². The molecule has 1 aliphatic heterocycles. The summed E-state index contributed by atoms with van der Waals surface area (Å²) in [5, 5.41) is 3.25. The van der Waals surface area contributed by atoms with E-state index in [9.17, 15) is 4.79 Å². The van der Waals surface area contributed by atoms with Crippen molar-refractivity contribution in [2.75, 3.05) is 26.7 Å². The van der Waals surface area contributed by atoms with Crippen molar-refractivity contribution in [1.82, 2.24) is 10.2 Å². The quantitative estimate of drug-likeness (QED) is 0.734. The third kappa shape index (κ3) is 5.42. The fraction of sp³-hybridized carbons (Fsp3) is 0.500. The third-order valence-corrected chi connectivity index (χ3v) is 6.66. The van der Waals surface area contributed by atoms with E-state index in [1.165, 1.54) is 29.5 Å². The van der Waals surface area contributed by atoms with E-state index in [1.807, 2.05) is 6.07 Å². The van der Waals surface area contributed by atoms with Gasteiger partial charge in [-0.2, -0.15) is 0 Å². The molecule has 2 aromatic rings. The lowest BCUT2D eigenvalue weighted by Gasteiger charge is -2.33. The van der Waals surface area contributed by atoms with Crippen LogP contribution in [0.3, 0.4) is 0 Å². The van der Waals surface area contributed by atoms with Gasteiger partial charge in [0.2, 0.25) is 5.91 Å². The monoisotopic (exact) mass is 406 g/mol. The molecule has 0 aromatic heterocycles. The van der Waals surface area contributed by atoms with Gasteiger partial charge in [-0.3, -0.25) is 9.69 Å². The number of benzene rings is 2. The van der Waals surface area contributed by atoms with Crippen molar-refractivity contribution in [3.8, 4) is 5.75 Å². The maximum Gasteiger partial charge on any atom is 0.220 e. The Labute approximate surface area is 180 Å². The van der Waals surface area contributed by atoms with Crippen molar-refractivity contribution in [2.24, 2.45) is 5.92 Å². The smallest absolute Gasteiger partial charge is 0.220 e. The van der Waals surface area contributed by atoms with Crippen LogP contribution >= 0.6 is 0 Å². The Kier molecular flexibility index (Phi) is 7.06. The summed E-state index contributed by atoms with van der Waals surface area (Å²) in [4.78, 5) is 15.2. The molecule has 0 bridgehead atoms. The maximum atomic E-state index is 12.7. The lowest BCUT2D eigenvalue weighted by Crippen LogP contribution is -2.40. The molecule has 4 nitrogen and oxygen atoms in total. The standard InChI is InChI=1S/C26H34N2O2/c1-30-24-12-13-25-22(15-24)10-5-11-23(25)16-26(29)27-17-21-9-6-14-28(19-21)18-20-7-3-2-4-8-20/h2-4,7-8,12-13,15,21,23H,5-6,9-11,14,16-19H2,1H3,(H,27,29). The normalized spacial score (nSPS) is 21.6. The molecular weight excluding hydrogens is 372 g/mol. The van der Waals surface area contributed by atoms with Crippen LogP contribution in [0.5, 0.6) is 5.75 Å². The number of aryl methyl sites for hydroxylation is 1. The van der Waals surface area contributed by atoms with Crippen molar-refractivity contribution in [3.05, 3.63) is 65.2 Å². The molecule has 0 saturated carbocycles. The van der Waals surface area contributed by atoms with Gasteiger partial charge in [0.05, 0.1) is 7.11 Å². The molecular formula is C26H34N2O2. The molecule has 1 N–H and O–H groups in total. The highest BCUT2D eigenvalue weighted by atomic mass is 16.5. The molecule has 1 amide bonds. The number of methoxy groups -OCH3 is 1. The van der Waals surface area contributed by atoms with Crippen LogP contribution < -0.4 is 10.1 Å². The summed E-state index contributed by atoms with van der Waals surface area (Å²) in [7, 11) is 1.71. The molecule has 0 spiro atoms. The first-order valence-electron chi connectivity index (χ1n) is 11.4. The number of hydrogen-bond acceptors (Lipinski definition) is 3. The molecule has 1 aliphatic carbocycles. The number of likely N-dealkylation sites (tertiary alicyclic amines) is 1. The second-order valence-electron chi connectivity index (χ2n) is 8.89. The Hall–Kier alpha value is -2.33. The topological polar surface area (TPSA) is 41.6 Å². The van der Waals surface area contributed by atoms with Gasteiger partial charge in [-0.1, -0.05) is 36.4 Å². The van der Waals surface area contributed by atoms with Gasteiger partial charge in [0, 0.05) is 26.1 Å². The largest absolute Gasteiger partial charge is 0.497 e. The lowest BCUT2D eigenvalue weighted by atomic mass is 9.81. The highest BCUT2D eigenvalue weighted by molar-refractivity contribution is 5.77. The molecule has 1 fully saturated rings. The van der Waals surface area contributed by atoms with Crippen molar-refractivity contribution < 1.29 is 9.53 Å². The van der Waals surface area contributed by atoms with E-state index in [4.69, 9.17) is 4.74 Å². The SMILES string of the molecule is COc1ccc2c(c1)CCCC2CC(=O)NCC1CCCN(Cc2ccccc2)C1. The van der Waals surface area contributed by atoms with Gasteiger partial charge in [0.25, 0.3) is 0 Å². The Morgan fingerprint density at radius 1 is 1.13 bits per heavy atom. The number of nitrogens with zero attached hydrogens (tertiary/aromatic N) is 1.